The molecule has 0 aliphatic carbocycles. The maximum absolute atomic E-state index is 11.9. The third-order valence-electron chi connectivity index (χ3n) is 3.52. The van der Waals surface area contributed by atoms with E-state index in [0.717, 1.165) is 0 Å². The fourth-order valence-corrected chi connectivity index (χ4v) is 1.97. The first-order valence-corrected chi connectivity index (χ1v) is 6.84. The molecule has 0 fully saturated rings. The highest BCUT2D eigenvalue weighted by molar-refractivity contribution is 5.74. The summed E-state index contributed by atoms with van der Waals surface area (Å²) < 4.78 is 33.5. The highest BCUT2D eigenvalue weighted by Gasteiger charge is 2.37. The lowest BCUT2D eigenvalue weighted by atomic mass is 9.79. The Balaban J connectivity index is 2.56. The Hall–Kier alpha value is -1.57. The number of ether oxygens (including phenoxy) is 1. The molecule has 1 rings (SSSR count). The molecule has 0 unspecified atom stereocenters. The minimum atomic E-state index is -2.50. The zero-order chi connectivity index (χ0) is 15.9. The van der Waals surface area contributed by atoms with Crippen molar-refractivity contribution in [3.8, 4) is 0 Å². The average molecular weight is 306 g/mol. The van der Waals surface area contributed by atoms with Gasteiger partial charge in [-0.3, -0.25) is 4.79 Å². The lowest BCUT2D eigenvalue weighted by Crippen LogP contribution is -2.32. The Labute approximate surface area is 121 Å². The number of aliphatic carboxylic acids is 1. The van der Waals surface area contributed by atoms with E-state index in [1.165, 1.54) is 0 Å². The monoisotopic (exact) mass is 306 g/mol. The number of hydrogen-bond donors (Lipinski definition) is 1. The second-order valence-electron chi connectivity index (χ2n) is 4.79. The lowest BCUT2D eigenvalue weighted by Gasteiger charge is -2.24. The fourth-order valence-electron chi connectivity index (χ4n) is 1.97. The van der Waals surface area contributed by atoms with Crippen molar-refractivity contribution >= 4 is 5.97 Å². The predicted molar refractivity (Wildman–Crippen MR) is 69.2 cm³/mol. The van der Waals surface area contributed by atoms with Gasteiger partial charge in [0, 0.05) is 12.8 Å². The minimum Gasteiger partial charge on any atom is -0.481 e. The quantitative estimate of drug-likeness (QED) is 0.668. The molecule has 0 amide bonds. The molecule has 0 aliphatic heterocycles. The van der Waals surface area contributed by atoms with Gasteiger partial charge in [0.25, 0.3) is 6.43 Å². The summed E-state index contributed by atoms with van der Waals surface area (Å²) in [7, 11) is 0. The van der Waals surface area contributed by atoms with Gasteiger partial charge in [0.2, 0.25) is 5.89 Å². The summed E-state index contributed by atoms with van der Waals surface area (Å²) in [5.74, 6) is -0.330. The molecule has 0 saturated heterocycles. The van der Waals surface area contributed by atoms with Crippen LogP contribution in [0.3, 0.4) is 0 Å². The topological polar surface area (TPSA) is 85.5 Å². The zero-order valence-electron chi connectivity index (χ0n) is 12.1. The Bertz CT molecular complexity index is 447. The van der Waals surface area contributed by atoms with Crippen LogP contribution in [0.4, 0.5) is 8.78 Å². The highest BCUT2D eigenvalue weighted by atomic mass is 19.3. The Kier molecular flexibility index (Phi) is 6.67. The number of carbonyl (C=O) groups is 1. The molecule has 0 aromatic carbocycles. The molecular formula is C13H20F2N2O4. The molecule has 6 nitrogen and oxygen atoms in total. The highest BCUT2D eigenvalue weighted by Crippen LogP contribution is 2.30. The lowest BCUT2D eigenvalue weighted by molar-refractivity contribution is -0.149. The van der Waals surface area contributed by atoms with E-state index in [9.17, 15) is 18.7 Å². The van der Waals surface area contributed by atoms with Crippen molar-refractivity contribution in [1.29, 1.82) is 0 Å². The van der Waals surface area contributed by atoms with E-state index in [-0.39, 0.29) is 25.3 Å². The summed E-state index contributed by atoms with van der Waals surface area (Å²) in [5, 5.41) is 13.0. The van der Waals surface area contributed by atoms with Crippen LogP contribution in [0.25, 0.3) is 0 Å². The van der Waals surface area contributed by atoms with Crippen molar-refractivity contribution in [2.24, 2.45) is 5.41 Å². The van der Waals surface area contributed by atoms with Gasteiger partial charge in [0.15, 0.2) is 5.82 Å². The molecule has 21 heavy (non-hydrogen) atoms. The fraction of sp³-hybridized carbons (Fsp3) is 0.769. The third-order valence-corrected chi connectivity index (χ3v) is 3.52. The first-order chi connectivity index (χ1) is 9.93. The van der Waals surface area contributed by atoms with Gasteiger partial charge in [-0.1, -0.05) is 19.0 Å². The average Bonchev–Trinajstić information content (AvgIpc) is 2.88. The van der Waals surface area contributed by atoms with Crippen LogP contribution in [0.2, 0.25) is 0 Å². The van der Waals surface area contributed by atoms with Gasteiger partial charge in [0.1, 0.15) is 6.61 Å². The Morgan fingerprint density at radius 3 is 2.62 bits per heavy atom. The normalized spacial score (nSPS) is 12.0. The summed E-state index contributed by atoms with van der Waals surface area (Å²) in [6.07, 6.45) is -1.20. The predicted octanol–water partition coefficient (Wildman–Crippen LogP) is 2.33. The molecule has 1 aromatic heterocycles. The molecular weight excluding hydrogens is 286 g/mol. The van der Waals surface area contributed by atoms with Crippen molar-refractivity contribution in [2.75, 3.05) is 13.2 Å². The Morgan fingerprint density at radius 1 is 1.43 bits per heavy atom. The van der Waals surface area contributed by atoms with Gasteiger partial charge >= 0.3 is 5.97 Å². The van der Waals surface area contributed by atoms with E-state index in [1.807, 2.05) is 0 Å². The van der Waals surface area contributed by atoms with Crippen LogP contribution in [0.5, 0.6) is 0 Å². The number of aromatic nitrogens is 2. The maximum Gasteiger partial charge on any atom is 0.310 e. The second-order valence-corrected chi connectivity index (χ2v) is 4.79. The molecule has 1 aromatic rings. The van der Waals surface area contributed by atoms with Gasteiger partial charge in [-0.2, -0.15) is 4.98 Å². The molecule has 0 bridgehead atoms. The number of nitrogens with zero attached hydrogens (tertiary/aromatic N) is 2. The van der Waals surface area contributed by atoms with Gasteiger partial charge in [0.05, 0.1) is 12.0 Å². The number of carboxylic acid groups (broad SMARTS) is 1. The van der Waals surface area contributed by atoms with Crippen LogP contribution in [0.15, 0.2) is 4.52 Å². The van der Waals surface area contributed by atoms with Gasteiger partial charge < -0.3 is 14.4 Å². The standard InChI is InChI=1S/C13H20F2N2O4/c1-3-13(4-2,12(18)19)7-11-16-10(17-21-11)5-6-20-8-9(14)15/h9H,3-8H2,1-2H3,(H,18,19). The van der Waals surface area contributed by atoms with Crippen LogP contribution < -0.4 is 0 Å². The van der Waals surface area contributed by atoms with Gasteiger partial charge in [-0.25, -0.2) is 8.78 Å². The molecule has 120 valence electrons. The number of halogens is 2. The number of hydrogen-bond acceptors (Lipinski definition) is 5. The molecule has 1 N–H and O–H groups in total. The van der Waals surface area contributed by atoms with Crippen LogP contribution in [-0.2, 0) is 22.4 Å². The minimum absolute atomic E-state index is 0.0644. The SMILES string of the molecule is CCC(CC)(Cc1nc(CCOCC(F)F)no1)C(=O)O. The number of rotatable bonds is 10. The van der Waals surface area contributed by atoms with Crippen LogP contribution in [0.1, 0.15) is 38.4 Å². The summed E-state index contributed by atoms with van der Waals surface area (Å²) >= 11 is 0. The van der Waals surface area contributed by atoms with E-state index in [2.05, 4.69) is 10.1 Å². The van der Waals surface area contributed by atoms with Crippen LogP contribution in [0, 0.1) is 5.41 Å². The first-order valence-electron chi connectivity index (χ1n) is 6.84. The molecule has 0 spiro atoms. The van der Waals surface area contributed by atoms with Gasteiger partial charge in [-0.05, 0) is 12.8 Å². The molecule has 0 atom stereocenters. The van der Waals surface area contributed by atoms with E-state index < -0.39 is 24.4 Å². The molecule has 1 heterocycles. The Morgan fingerprint density at radius 2 is 2.10 bits per heavy atom. The molecule has 0 aliphatic rings. The van der Waals surface area contributed by atoms with Crippen LogP contribution >= 0.6 is 0 Å². The van der Waals surface area contributed by atoms with E-state index in [0.29, 0.717) is 18.7 Å². The van der Waals surface area contributed by atoms with Crippen molar-refractivity contribution in [1.82, 2.24) is 10.1 Å². The number of carboxylic acids is 1. The largest absolute Gasteiger partial charge is 0.481 e. The van der Waals surface area contributed by atoms with E-state index in [1.54, 1.807) is 13.8 Å². The van der Waals surface area contributed by atoms with E-state index >= 15 is 0 Å². The summed E-state index contributed by atoms with van der Waals surface area (Å²) in [5.41, 5.74) is -0.921. The van der Waals surface area contributed by atoms with Crippen LogP contribution in [-0.4, -0.2) is 40.9 Å². The van der Waals surface area contributed by atoms with E-state index in [4.69, 9.17) is 9.26 Å². The molecule has 0 radical (unpaired) electrons. The number of alkyl halides is 2. The smallest absolute Gasteiger partial charge is 0.310 e. The third kappa shape index (κ3) is 5.04. The maximum atomic E-state index is 11.9. The molecule has 8 heteroatoms. The summed E-state index contributed by atoms with van der Waals surface area (Å²) in [6, 6.07) is 0. The summed E-state index contributed by atoms with van der Waals surface area (Å²) in [6.45, 7) is 3.04. The zero-order valence-corrected chi connectivity index (χ0v) is 12.1. The van der Waals surface area contributed by atoms with Crippen molar-refractivity contribution in [2.45, 2.75) is 46.0 Å². The second kappa shape index (κ2) is 8.02. The van der Waals surface area contributed by atoms with Crippen molar-refractivity contribution < 1.29 is 27.9 Å². The van der Waals surface area contributed by atoms with Crippen molar-refractivity contribution in [3.63, 3.8) is 0 Å². The first kappa shape index (κ1) is 17.5. The summed E-state index contributed by atoms with van der Waals surface area (Å²) in [4.78, 5) is 15.5. The van der Waals surface area contributed by atoms with Crippen molar-refractivity contribution in [3.05, 3.63) is 11.7 Å². The van der Waals surface area contributed by atoms with Gasteiger partial charge in [-0.15, -0.1) is 0 Å². The molecule has 0 saturated carbocycles.